The number of hydrogen-bond donors (Lipinski definition) is 0. The Morgan fingerprint density at radius 3 is 2.12 bits per heavy atom. The van der Waals surface area contributed by atoms with Crippen molar-refractivity contribution in [2.75, 3.05) is 0 Å². The Labute approximate surface area is 207 Å². The van der Waals surface area contributed by atoms with Crippen molar-refractivity contribution in [3.8, 4) is 28.1 Å². The molecule has 0 saturated heterocycles. The maximum atomic E-state index is 13.4. The fourth-order valence-corrected chi connectivity index (χ4v) is 4.39. The Balaban J connectivity index is 1.54. The van der Waals surface area contributed by atoms with Gasteiger partial charge in [-0.1, -0.05) is 82.2 Å². The molecular formula is C30H22BrNO2. The molecule has 0 aliphatic heterocycles. The number of nitrogens with zero attached hydrogens (tertiary/aromatic N) is 1. The molecule has 4 heteroatoms. The van der Waals surface area contributed by atoms with Gasteiger partial charge < -0.3 is 4.74 Å². The minimum Gasteiger partial charge on any atom is -0.423 e. The molecule has 0 fully saturated rings. The first-order valence-corrected chi connectivity index (χ1v) is 11.8. The van der Waals surface area contributed by atoms with Crippen molar-refractivity contribution >= 4 is 32.8 Å². The van der Waals surface area contributed by atoms with Crippen molar-refractivity contribution in [3.63, 3.8) is 0 Å². The standard InChI is InChI=1S/C30H22BrNO2/c1-19-16-20(2)29-26(17-19)27(18-28(32-29)23-8-12-24(31)13-9-23)30(33)34-25-14-10-22(11-15-25)21-6-4-3-5-7-21/h3-18H,1-2H3. The normalized spacial score (nSPS) is 10.9. The van der Waals surface area contributed by atoms with Gasteiger partial charge in [0.1, 0.15) is 5.75 Å². The van der Waals surface area contributed by atoms with Crippen molar-refractivity contribution in [2.24, 2.45) is 0 Å². The van der Waals surface area contributed by atoms with Crippen LogP contribution in [0.1, 0.15) is 21.5 Å². The van der Waals surface area contributed by atoms with Gasteiger partial charge in [0.15, 0.2) is 0 Å². The first kappa shape index (κ1) is 22.1. The number of halogens is 1. The molecule has 5 aromatic rings. The molecule has 5 rings (SSSR count). The van der Waals surface area contributed by atoms with Gasteiger partial charge in [0.05, 0.1) is 16.8 Å². The first-order chi connectivity index (χ1) is 16.5. The third-order valence-electron chi connectivity index (χ3n) is 5.78. The first-order valence-electron chi connectivity index (χ1n) is 11.0. The summed E-state index contributed by atoms with van der Waals surface area (Å²) in [6.45, 7) is 4.04. The average Bonchev–Trinajstić information content (AvgIpc) is 2.85. The number of rotatable bonds is 4. The van der Waals surface area contributed by atoms with E-state index in [1.54, 1.807) is 0 Å². The molecule has 0 N–H and O–H groups in total. The quantitative estimate of drug-likeness (QED) is 0.182. The SMILES string of the molecule is Cc1cc(C)c2nc(-c3ccc(Br)cc3)cc(C(=O)Oc3ccc(-c4ccccc4)cc3)c2c1. The van der Waals surface area contributed by atoms with E-state index in [1.165, 1.54) is 0 Å². The number of aryl methyl sites for hydroxylation is 2. The Morgan fingerprint density at radius 2 is 1.41 bits per heavy atom. The third kappa shape index (κ3) is 4.50. The van der Waals surface area contributed by atoms with E-state index in [1.807, 2.05) is 92.7 Å². The minimum atomic E-state index is -0.400. The second kappa shape index (κ2) is 9.24. The van der Waals surface area contributed by atoms with E-state index >= 15 is 0 Å². The van der Waals surface area contributed by atoms with Gasteiger partial charge in [0.25, 0.3) is 0 Å². The number of pyridine rings is 1. The van der Waals surface area contributed by atoms with Crippen LogP contribution in [0.15, 0.2) is 102 Å². The number of aromatic nitrogens is 1. The Bertz CT molecular complexity index is 1490. The van der Waals surface area contributed by atoms with Crippen LogP contribution in [0.2, 0.25) is 0 Å². The number of carbonyl (C=O) groups excluding carboxylic acids is 1. The molecule has 0 aliphatic rings. The number of fused-ring (bicyclic) bond motifs is 1. The van der Waals surface area contributed by atoms with Crippen molar-refractivity contribution in [2.45, 2.75) is 13.8 Å². The van der Waals surface area contributed by atoms with Gasteiger partial charge in [-0.25, -0.2) is 9.78 Å². The number of esters is 1. The van der Waals surface area contributed by atoms with Crippen LogP contribution >= 0.6 is 15.9 Å². The largest absolute Gasteiger partial charge is 0.423 e. The lowest BCUT2D eigenvalue weighted by Crippen LogP contribution is -2.10. The van der Waals surface area contributed by atoms with Crippen LogP contribution in [0, 0.1) is 13.8 Å². The molecule has 0 unspecified atom stereocenters. The second-order valence-electron chi connectivity index (χ2n) is 8.32. The summed E-state index contributed by atoms with van der Waals surface area (Å²) < 4.78 is 6.80. The van der Waals surface area contributed by atoms with E-state index in [-0.39, 0.29) is 0 Å². The summed E-state index contributed by atoms with van der Waals surface area (Å²) in [5, 5.41) is 0.796. The molecule has 1 heterocycles. The summed E-state index contributed by atoms with van der Waals surface area (Å²) in [5.41, 5.74) is 7.26. The Hall–Kier alpha value is -3.76. The highest BCUT2D eigenvalue weighted by molar-refractivity contribution is 9.10. The lowest BCUT2D eigenvalue weighted by Gasteiger charge is -2.13. The van der Waals surface area contributed by atoms with E-state index in [2.05, 4.69) is 34.1 Å². The maximum absolute atomic E-state index is 13.4. The summed E-state index contributed by atoms with van der Waals surface area (Å²) in [6.07, 6.45) is 0. The van der Waals surface area contributed by atoms with E-state index < -0.39 is 5.97 Å². The molecule has 0 radical (unpaired) electrons. The zero-order valence-electron chi connectivity index (χ0n) is 18.9. The second-order valence-corrected chi connectivity index (χ2v) is 9.24. The van der Waals surface area contributed by atoms with Crippen LogP contribution in [0.3, 0.4) is 0 Å². The topological polar surface area (TPSA) is 39.2 Å². The molecule has 3 nitrogen and oxygen atoms in total. The van der Waals surface area contributed by atoms with Crippen LogP contribution in [-0.4, -0.2) is 11.0 Å². The summed E-state index contributed by atoms with van der Waals surface area (Å²) in [6, 6.07) is 31.5. The van der Waals surface area contributed by atoms with Gasteiger partial charge in [-0.05, 0) is 66.9 Å². The number of hydrogen-bond acceptors (Lipinski definition) is 3. The maximum Gasteiger partial charge on any atom is 0.344 e. The van der Waals surface area contributed by atoms with Crippen molar-refractivity contribution in [1.82, 2.24) is 4.98 Å². The van der Waals surface area contributed by atoms with Crippen LogP contribution < -0.4 is 4.74 Å². The van der Waals surface area contributed by atoms with Gasteiger partial charge in [-0.3, -0.25) is 0 Å². The van der Waals surface area contributed by atoms with Crippen LogP contribution in [0.25, 0.3) is 33.3 Å². The van der Waals surface area contributed by atoms with Crippen molar-refractivity contribution < 1.29 is 9.53 Å². The lowest BCUT2D eigenvalue weighted by molar-refractivity contribution is 0.0737. The van der Waals surface area contributed by atoms with Crippen LogP contribution in [0.5, 0.6) is 5.75 Å². The van der Waals surface area contributed by atoms with Gasteiger partial charge in [-0.15, -0.1) is 0 Å². The monoisotopic (exact) mass is 507 g/mol. The molecule has 0 bridgehead atoms. The molecule has 1 aromatic heterocycles. The molecule has 0 atom stereocenters. The predicted molar refractivity (Wildman–Crippen MR) is 141 cm³/mol. The zero-order valence-corrected chi connectivity index (χ0v) is 20.5. The van der Waals surface area contributed by atoms with Gasteiger partial charge in [0, 0.05) is 15.4 Å². The van der Waals surface area contributed by atoms with E-state index in [4.69, 9.17) is 9.72 Å². The highest BCUT2D eigenvalue weighted by Crippen LogP contribution is 2.30. The smallest absolute Gasteiger partial charge is 0.344 e. The van der Waals surface area contributed by atoms with Crippen LogP contribution in [0.4, 0.5) is 0 Å². The minimum absolute atomic E-state index is 0.400. The average molecular weight is 508 g/mol. The summed E-state index contributed by atoms with van der Waals surface area (Å²) in [4.78, 5) is 18.3. The van der Waals surface area contributed by atoms with E-state index in [0.29, 0.717) is 11.3 Å². The fourth-order valence-electron chi connectivity index (χ4n) is 4.13. The number of carbonyl (C=O) groups is 1. The molecule has 0 saturated carbocycles. The number of benzene rings is 4. The number of ether oxygens (including phenoxy) is 1. The Kier molecular flexibility index (Phi) is 5.99. The van der Waals surface area contributed by atoms with Gasteiger partial charge in [0.2, 0.25) is 0 Å². The summed E-state index contributed by atoms with van der Waals surface area (Å²) >= 11 is 3.48. The van der Waals surface area contributed by atoms with Crippen molar-refractivity contribution in [3.05, 3.63) is 118 Å². The molecular weight excluding hydrogens is 486 g/mol. The van der Waals surface area contributed by atoms with Gasteiger partial charge in [-0.2, -0.15) is 0 Å². The van der Waals surface area contributed by atoms with Gasteiger partial charge >= 0.3 is 5.97 Å². The molecule has 166 valence electrons. The fraction of sp³-hybridized carbons (Fsp3) is 0.0667. The van der Waals surface area contributed by atoms with E-state index in [0.717, 1.165) is 48.9 Å². The van der Waals surface area contributed by atoms with Crippen LogP contribution in [-0.2, 0) is 0 Å². The summed E-state index contributed by atoms with van der Waals surface area (Å²) in [7, 11) is 0. The molecule has 0 spiro atoms. The molecule has 0 amide bonds. The molecule has 4 aromatic carbocycles. The van der Waals surface area contributed by atoms with E-state index in [9.17, 15) is 4.79 Å². The van der Waals surface area contributed by atoms with Crippen molar-refractivity contribution in [1.29, 1.82) is 0 Å². The lowest BCUT2D eigenvalue weighted by atomic mass is 10.00. The highest BCUT2D eigenvalue weighted by atomic mass is 79.9. The third-order valence-corrected chi connectivity index (χ3v) is 6.31. The molecule has 34 heavy (non-hydrogen) atoms. The summed E-state index contributed by atoms with van der Waals surface area (Å²) in [5.74, 6) is 0.104. The Morgan fingerprint density at radius 1 is 0.765 bits per heavy atom. The predicted octanol–water partition coefficient (Wildman–Crippen LogP) is 8.17. The highest BCUT2D eigenvalue weighted by Gasteiger charge is 2.18. The molecule has 0 aliphatic carbocycles. The zero-order chi connectivity index (χ0) is 23.7.